The Labute approximate surface area is 174 Å². The summed E-state index contributed by atoms with van der Waals surface area (Å²) in [6.07, 6.45) is -3.88. The van der Waals surface area contributed by atoms with E-state index in [1.54, 1.807) is 24.1 Å². The summed E-state index contributed by atoms with van der Waals surface area (Å²) in [5.41, 5.74) is -1.10. The minimum Gasteiger partial charge on any atom is -0.384 e. The van der Waals surface area contributed by atoms with Crippen LogP contribution in [0, 0.1) is 22.7 Å². The molecule has 0 aromatic heterocycles. The van der Waals surface area contributed by atoms with Crippen LogP contribution >= 0.6 is 0 Å². The van der Waals surface area contributed by atoms with E-state index in [1.807, 2.05) is 18.7 Å². The maximum absolute atomic E-state index is 13.4. The fraction of sp³-hybridized carbons (Fsp3) is 0.619. The second-order valence-electron chi connectivity index (χ2n) is 8.51. The molecule has 2 aliphatic heterocycles. The Balaban J connectivity index is 1.85. The first kappa shape index (κ1) is 22.2. The third-order valence-corrected chi connectivity index (χ3v) is 6.06. The third-order valence-electron chi connectivity index (χ3n) is 6.06. The second kappa shape index (κ2) is 8.34. The van der Waals surface area contributed by atoms with Gasteiger partial charge in [-0.3, -0.25) is 0 Å². The van der Waals surface area contributed by atoms with Gasteiger partial charge in [0.25, 0.3) is 0 Å². The van der Waals surface area contributed by atoms with Gasteiger partial charge >= 0.3 is 12.2 Å². The molecule has 9 heteroatoms. The molecule has 2 aliphatic rings. The van der Waals surface area contributed by atoms with Gasteiger partial charge in [-0.1, -0.05) is 0 Å². The first-order valence-electron chi connectivity index (χ1n) is 10.0. The van der Waals surface area contributed by atoms with Gasteiger partial charge in [0, 0.05) is 56.4 Å². The number of likely N-dealkylation sites (tertiary alicyclic amines) is 1. The predicted octanol–water partition coefficient (Wildman–Crippen LogP) is 3.47. The van der Waals surface area contributed by atoms with Gasteiger partial charge in [0.1, 0.15) is 0 Å². The lowest BCUT2D eigenvalue weighted by molar-refractivity contribution is -0.137. The fourth-order valence-electron chi connectivity index (χ4n) is 4.59. The largest absolute Gasteiger partial charge is 0.417 e. The summed E-state index contributed by atoms with van der Waals surface area (Å²) in [4.78, 5) is 16.2. The SMILES string of the molecule is COCC12CCN(C(=O)NC(C)C)CC1CN(c1ccc(C#N)c(C(F)(F)F)c1)C2. The van der Waals surface area contributed by atoms with Crippen LogP contribution in [0.3, 0.4) is 0 Å². The van der Waals surface area contributed by atoms with Crippen molar-refractivity contribution in [2.45, 2.75) is 32.5 Å². The van der Waals surface area contributed by atoms with Gasteiger partial charge in [-0.15, -0.1) is 0 Å². The average molecular weight is 424 g/mol. The van der Waals surface area contributed by atoms with Crippen LogP contribution in [0.1, 0.15) is 31.4 Å². The molecule has 2 unspecified atom stereocenters. The Morgan fingerprint density at radius 3 is 2.73 bits per heavy atom. The predicted molar refractivity (Wildman–Crippen MR) is 106 cm³/mol. The van der Waals surface area contributed by atoms with Crippen molar-refractivity contribution in [3.63, 3.8) is 0 Å². The Kier molecular flexibility index (Phi) is 6.18. The number of nitrogens with one attached hydrogen (secondary N) is 1. The number of rotatable bonds is 4. The Morgan fingerprint density at radius 1 is 1.40 bits per heavy atom. The lowest BCUT2D eigenvalue weighted by atomic mass is 9.73. The number of urea groups is 1. The van der Waals surface area contributed by atoms with Crippen molar-refractivity contribution in [2.24, 2.45) is 11.3 Å². The minimum absolute atomic E-state index is 0.0303. The molecule has 0 aliphatic carbocycles. The van der Waals surface area contributed by atoms with E-state index in [9.17, 15) is 18.0 Å². The zero-order valence-corrected chi connectivity index (χ0v) is 17.4. The zero-order valence-electron chi connectivity index (χ0n) is 17.4. The van der Waals surface area contributed by atoms with Crippen molar-refractivity contribution in [1.29, 1.82) is 5.26 Å². The van der Waals surface area contributed by atoms with Crippen LogP contribution in [-0.4, -0.2) is 56.9 Å². The van der Waals surface area contributed by atoms with Crippen LogP contribution in [-0.2, 0) is 10.9 Å². The molecule has 1 aromatic rings. The number of amides is 2. The molecule has 0 radical (unpaired) electrons. The molecule has 2 heterocycles. The Hall–Kier alpha value is -2.47. The van der Waals surface area contributed by atoms with Gasteiger partial charge in [-0.05, 0) is 38.5 Å². The first-order valence-corrected chi connectivity index (χ1v) is 10.0. The summed E-state index contributed by atoms with van der Waals surface area (Å²) >= 11 is 0. The van der Waals surface area contributed by atoms with Crippen LogP contribution in [0.5, 0.6) is 0 Å². The van der Waals surface area contributed by atoms with Gasteiger partial charge in [0.15, 0.2) is 0 Å². The monoisotopic (exact) mass is 424 g/mol. The highest BCUT2D eigenvalue weighted by Crippen LogP contribution is 2.45. The van der Waals surface area contributed by atoms with Crippen LogP contribution in [0.25, 0.3) is 0 Å². The molecule has 164 valence electrons. The summed E-state index contributed by atoms with van der Waals surface area (Å²) in [5.74, 6) is 0.0779. The average Bonchev–Trinajstić information content (AvgIpc) is 3.05. The molecule has 1 aromatic carbocycles. The molecule has 1 N–H and O–H groups in total. The highest BCUT2D eigenvalue weighted by Gasteiger charge is 2.50. The zero-order chi connectivity index (χ0) is 22.1. The van der Waals surface area contributed by atoms with Crippen LogP contribution in [0.15, 0.2) is 18.2 Å². The third kappa shape index (κ3) is 4.33. The van der Waals surface area contributed by atoms with Crippen molar-refractivity contribution in [2.75, 3.05) is 44.8 Å². The number of anilines is 1. The minimum atomic E-state index is -4.59. The highest BCUT2D eigenvalue weighted by atomic mass is 19.4. The van der Waals surface area contributed by atoms with Crippen molar-refractivity contribution in [3.05, 3.63) is 29.3 Å². The number of carbonyl (C=O) groups is 1. The molecular formula is C21H27F3N4O2. The molecule has 0 bridgehead atoms. The summed E-state index contributed by atoms with van der Waals surface area (Å²) in [6.45, 7) is 6.46. The van der Waals surface area contributed by atoms with Crippen molar-refractivity contribution in [3.8, 4) is 6.07 Å². The summed E-state index contributed by atoms with van der Waals surface area (Å²) < 4.78 is 45.7. The van der Waals surface area contributed by atoms with E-state index in [1.165, 1.54) is 6.07 Å². The van der Waals surface area contributed by atoms with Crippen LogP contribution < -0.4 is 10.2 Å². The molecule has 30 heavy (non-hydrogen) atoms. The maximum atomic E-state index is 13.4. The molecule has 0 spiro atoms. The number of benzene rings is 1. The highest BCUT2D eigenvalue weighted by molar-refractivity contribution is 5.74. The number of nitriles is 1. The van der Waals surface area contributed by atoms with Crippen LogP contribution in [0.4, 0.5) is 23.7 Å². The standard InChI is InChI=1S/C21H27F3N4O2/c1-14(2)26-19(29)27-7-6-20(13-30-3)12-28(11-16(20)10-27)17-5-4-15(9-25)18(8-17)21(22,23)24/h4-5,8,14,16H,6-7,10-13H2,1-3H3,(H,26,29). The normalized spacial score (nSPS) is 24.0. The van der Waals surface area contributed by atoms with E-state index >= 15 is 0 Å². The Bertz CT molecular complexity index is 837. The fourth-order valence-corrected chi connectivity index (χ4v) is 4.59. The molecule has 2 saturated heterocycles. The maximum Gasteiger partial charge on any atom is 0.417 e. The number of hydrogen-bond donors (Lipinski definition) is 1. The number of halogens is 3. The number of alkyl halides is 3. The second-order valence-corrected chi connectivity index (χ2v) is 8.51. The van der Waals surface area contributed by atoms with Gasteiger partial charge in [0.05, 0.1) is 23.8 Å². The number of methoxy groups -OCH3 is 1. The number of piperidine rings is 1. The van der Waals surface area contributed by atoms with Gasteiger partial charge in [-0.2, -0.15) is 18.4 Å². The van der Waals surface area contributed by atoms with Gasteiger partial charge < -0.3 is 19.9 Å². The van der Waals surface area contributed by atoms with E-state index < -0.39 is 11.7 Å². The van der Waals surface area contributed by atoms with E-state index in [-0.39, 0.29) is 29.0 Å². The topological polar surface area (TPSA) is 68.6 Å². The number of nitrogens with zero attached hydrogens (tertiary/aromatic N) is 3. The van der Waals surface area contributed by atoms with E-state index in [0.717, 1.165) is 12.5 Å². The number of ether oxygens (including phenoxy) is 1. The first-order chi connectivity index (χ1) is 14.1. The molecule has 0 saturated carbocycles. The Morgan fingerprint density at radius 2 is 2.13 bits per heavy atom. The summed E-state index contributed by atoms with van der Waals surface area (Å²) in [6, 6.07) is 5.38. The molecule has 3 rings (SSSR count). The van der Waals surface area contributed by atoms with Crippen molar-refractivity contribution < 1.29 is 22.7 Å². The summed E-state index contributed by atoms with van der Waals surface area (Å²) in [5, 5.41) is 11.9. The quantitative estimate of drug-likeness (QED) is 0.804. The number of fused-ring (bicyclic) bond motifs is 1. The van der Waals surface area contributed by atoms with E-state index in [2.05, 4.69) is 5.32 Å². The molecular weight excluding hydrogens is 397 g/mol. The smallest absolute Gasteiger partial charge is 0.384 e. The van der Waals surface area contributed by atoms with Gasteiger partial charge in [-0.25, -0.2) is 4.79 Å². The van der Waals surface area contributed by atoms with E-state index in [4.69, 9.17) is 10.00 Å². The van der Waals surface area contributed by atoms with Crippen molar-refractivity contribution in [1.82, 2.24) is 10.2 Å². The molecule has 2 amide bonds. The lowest BCUT2D eigenvalue weighted by Crippen LogP contribution is -2.54. The summed E-state index contributed by atoms with van der Waals surface area (Å²) in [7, 11) is 1.62. The lowest BCUT2D eigenvalue weighted by Gasteiger charge is -2.43. The molecule has 2 atom stereocenters. The van der Waals surface area contributed by atoms with Crippen LogP contribution in [0.2, 0.25) is 0 Å². The molecule has 6 nitrogen and oxygen atoms in total. The van der Waals surface area contributed by atoms with E-state index in [0.29, 0.717) is 38.5 Å². The van der Waals surface area contributed by atoms with Gasteiger partial charge in [0.2, 0.25) is 0 Å². The molecule has 2 fully saturated rings. The number of carbonyl (C=O) groups excluding carboxylic acids is 1. The van der Waals surface area contributed by atoms with Crippen molar-refractivity contribution >= 4 is 11.7 Å². The number of hydrogen-bond acceptors (Lipinski definition) is 4.